The Balaban J connectivity index is 2.05. The molecule has 122 valence electrons. The van der Waals surface area contributed by atoms with Gasteiger partial charge >= 0.3 is 6.03 Å². The lowest BCUT2D eigenvalue weighted by molar-refractivity contribution is -0.123. The Kier molecular flexibility index (Phi) is 3.81. The number of carbonyl (C=O) groups excluding carboxylic acids is 3. The van der Waals surface area contributed by atoms with Crippen LogP contribution in [0.1, 0.15) is 22.5 Å². The quantitative estimate of drug-likeness (QED) is 0.656. The molecule has 0 saturated carbocycles. The number of amides is 4. The monoisotopic (exact) mass is 323 g/mol. The largest absolute Gasteiger partial charge is 0.328 e. The number of hydrogen-bond acceptors (Lipinski definition) is 3. The van der Waals surface area contributed by atoms with E-state index in [1.807, 2.05) is 51.1 Å². The molecule has 0 unspecified atom stereocenters. The number of carbonyl (C=O) groups is 3. The van der Waals surface area contributed by atoms with Gasteiger partial charge in [0.25, 0.3) is 11.8 Å². The molecule has 0 atom stereocenters. The van der Waals surface area contributed by atoms with Crippen LogP contribution >= 0.6 is 0 Å². The van der Waals surface area contributed by atoms with Crippen LogP contribution in [0.25, 0.3) is 11.8 Å². The number of nitrogens with one attached hydrogen (secondary N) is 2. The molecule has 0 aliphatic carbocycles. The fourth-order valence-electron chi connectivity index (χ4n) is 2.79. The number of nitrogens with zero attached hydrogens (tertiary/aromatic N) is 1. The minimum absolute atomic E-state index is 0.0845. The fourth-order valence-corrected chi connectivity index (χ4v) is 2.79. The molecule has 0 bridgehead atoms. The first kappa shape index (κ1) is 15.7. The lowest BCUT2D eigenvalue weighted by Crippen LogP contribution is -2.51. The van der Waals surface area contributed by atoms with Gasteiger partial charge in [0.15, 0.2) is 0 Å². The van der Waals surface area contributed by atoms with Crippen molar-refractivity contribution in [1.82, 2.24) is 15.2 Å². The molecule has 1 aromatic carbocycles. The molecule has 0 radical (unpaired) electrons. The number of aromatic nitrogens is 1. The first-order valence-electron chi connectivity index (χ1n) is 7.51. The smallest absolute Gasteiger partial charge is 0.318 e. The lowest BCUT2D eigenvalue weighted by Gasteiger charge is -2.14. The van der Waals surface area contributed by atoms with Crippen molar-refractivity contribution in [3.05, 3.63) is 58.4 Å². The highest BCUT2D eigenvalue weighted by molar-refractivity contribution is 6.31. The summed E-state index contributed by atoms with van der Waals surface area (Å²) in [5.41, 5.74) is 4.73. The van der Waals surface area contributed by atoms with E-state index in [9.17, 15) is 14.4 Å². The molecule has 6 heteroatoms. The van der Waals surface area contributed by atoms with Gasteiger partial charge in [-0.1, -0.05) is 17.7 Å². The molecule has 1 fully saturated rings. The van der Waals surface area contributed by atoms with E-state index in [0.29, 0.717) is 0 Å². The Bertz CT molecular complexity index is 867. The van der Waals surface area contributed by atoms with Gasteiger partial charge < -0.3 is 4.57 Å². The van der Waals surface area contributed by atoms with E-state index in [2.05, 4.69) is 15.2 Å². The van der Waals surface area contributed by atoms with Gasteiger partial charge in [-0.15, -0.1) is 0 Å². The summed E-state index contributed by atoms with van der Waals surface area (Å²) in [7, 11) is 0. The highest BCUT2D eigenvalue weighted by Crippen LogP contribution is 2.23. The van der Waals surface area contributed by atoms with Gasteiger partial charge in [-0.05, 0) is 50.6 Å². The Labute approximate surface area is 139 Å². The van der Waals surface area contributed by atoms with E-state index < -0.39 is 17.8 Å². The van der Waals surface area contributed by atoms with Crippen LogP contribution in [-0.2, 0) is 9.59 Å². The van der Waals surface area contributed by atoms with Crippen molar-refractivity contribution in [3.8, 4) is 5.69 Å². The second kappa shape index (κ2) is 5.81. The molecule has 3 rings (SSSR count). The zero-order chi connectivity index (χ0) is 17.4. The fraction of sp³-hybridized carbons (Fsp3) is 0.167. The molecule has 2 N–H and O–H groups in total. The molecule has 2 heterocycles. The number of barbiturate groups is 1. The molecule has 1 aliphatic rings. The van der Waals surface area contributed by atoms with Crippen molar-refractivity contribution in [1.29, 1.82) is 0 Å². The zero-order valence-electron chi connectivity index (χ0n) is 13.6. The van der Waals surface area contributed by atoms with Crippen LogP contribution in [0.15, 0.2) is 35.9 Å². The summed E-state index contributed by atoms with van der Waals surface area (Å²) in [6.07, 6.45) is 1.50. The SMILES string of the molecule is Cc1ccc(-n2c(C)cc(C=C3C(=O)NC(=O)NC3=O)c2C)cc1. The average molecular weight is 323 g/mol. The van der Waals surface area contributed by atoms with Gasteiger partial charge in [-0.25, -0.2) is 4.79 Å². The molecule has 1 saturated heterocycles. The van der Waals surface area contributed by atoms with Gasteiger partial charge in [0.1, 0.15) is 5.57 Å². The highest BCUT2D eigenvalue weighted by Gasteiger charge is 2.28. The van der Waals surface area contributed by atoms with E-state index in [4.69, 9.17) is 0 Å². The van der Waals surface area contributed by atoms with E-state index >= 15 is 0 Å². The van der Waals surface area contributed by atoms with Crippen LogP contribution in [0.5, 0.6) is 0 Å². The third-order valence-electron chi connectivity index (χ3n) is 4.01. The summed E-state index contributed by atoms with van der Waals surface area (Å²) in [5.74, 6) is -1.38. The molecule has 1 aliphatic heterocycles. The second-order valence-corrected chi connectivity index (χ2v) is 5.79. The molecule has 4 amide bonds. The van der Waals surface area contributed by atoms with Crippen LogP contribution in [0, 0.1) is 20.8 Å². The number of aryl methyl sites for hydroxylation is 2. The Morgan fingerprint density at radius 3 is 2.08 bits per heavy atom. The predicted octanol–water partition coefficient (Wildman–Crippen LogP) is 2.15. The summed E-state index contributed by atoms with van der Waals surface area (Å²) >= 11 is 0. The van der Waals surface area contributed by atoms with Crippen LogP contribution in [0.4, 0.5) is 4.79 Å². The third-order valence-corrected chi connectivity index (χ3v) is 4.01. The summed E-state index contributed by atoms with van der Waals surface area (Å²) in [6, 6.07) is 9.20. The van der Waals surface area contributed by atoms with Crippen molar-refractivity contribution in [2.45, 2.75) is 20.8 Å². The maximum atomic E-state index is 11.9. The third kappa shape index (κ3) is 2.74. The topological polar surface area (TPSA) is 80.2 Å². The van der Waals surface area contributed by atoms with Crippen molar-refractivity contribution in [3.63, 3.8) is 0 Å². The summed E-state index contributed by atoms with van der Waals surface area (Å²) in [4.78, 5) is 34.8. The molecule has 1 aromatic heterocycles. The number of imide groups is 2. The number of urea groups is 1. The average Bonchev–Trinajstić information content (AvgIpc) is 2.78. The minimum Gasteiger partial charge on any atom is -0.318 e. The first-order chi connectivity index (χ1) is 11.4. The highest BCUT2D eigenvalue weighted by atomic mass is 16.2. The lowest BCUT2D eigenvalue weighted by atomic mass is 10.1. The van der Waals surface area contributed by atoms with Crippen molar-refractivity contribution >= 4 is 23.9 Å². The van der Waals surface area contributed by atoms with Crippen molar-refractivity contribution in [2.24, 2.45) is 0 Å². The Morgan fingerprint density at radius 1 is 0.917 bits per heavy atom. The molecule has 2 aromatic rings. The molecule has 6 nitrogen and oxygen atoms in total. The second-order valence-electron chi connectivity index (χ2n) is 5.79. The van der Waals surface area contributed by atoms with E-state index in [0.717, 1.165) is 22.6 Å². The van der Waals surface area contributed by atoms with Gasteiger partial charge in [0.2, 0.25) is 0 Å². The normalized spacial score (nSPS) is 14.5. The maximum Gasteiger partial charge on any atom is 0.328 e. The van der Waals surface area contributed by atoms with E-state index in [1.54, 1.807) is 0 Å². The van der Waals surface area contributed by atoms with E-state index in [-0.39, 0.29) is 5.57 Å². The van der Waals surface area contributed by atoms with Crippen LogP contribution in [-0.4, -0.2) is 22.4 Å². The molecule has 0 spiro atoms. The summed E-state index contributed by atoms with van der Waals surface area (Å²) < 4.78 is 2.05. The number of benzene rings is 1. The minimum atomic E-state index is -0.799. The Hall–Kier alpha value is -3.15. The van der Waals surface area contributed by atoms with Gasteiger partial charge in [-0.3, -0.25) is 20.2 Å². The van der Waals surface area contributed by atoms with Gasteiger partial charge in [0.05, 0.1) is 0 Å². The van der Waals surface area contributed by atoms with Crippen molar-refractivity contribution < 1.29 is 14.4 Å². The first-order valence-corrected chi connectivity index (χ1v) is 7.51. The van der Waals surface area contributed by atoms with Crippen LogP contribution < -0.4 is 10.6 Å². The van der Waals surface area contributed by atoms with Crippen molar-refractivity contribution in [2.75, 3.05) is 0 Å². The van der Waals surface area contributed by atoms with Gasteiger partial charge in [0, 0.05) is 17.1 Å². The zero-order valence-corrected chi connectivity index (χ0v) is 13.6. The predicted molar refractivity (Wildman–Crippen MR) is 89.6 cm³/mol. The van der Waals surface area contributed by atoms with Crippen LogP contribution in [0.3, 0.4) is 0 Å². The maximum absolute atomic E-state index is 11.9. The summed E-state index contributed by atoms with van der Waals surface area (Å²) in [6.45, 7) is 5.90. The Morgan fingerprint density at radius 2 is 1.50 bits per heavy atom. The van der Waals surface area contributed by atoms with E-state index in [1.165, 1.54) is 11.6 Å². The number of hydrogen-bond donors (Lipinski definition) is 2. The molecule has 24 heavy (non-hydrogen) atoms. The molecular weight excluding hydrogens is 306 g/mol. The number of rotatable bonds is 2. The van der Waals surface area contributed by atoms with Gasteiger partial charge in [-0.2, -0.15) is 0 Å². The van der Waals surface area contributed by atoms with Crippen LogP contribution in [0.2, 0.25) is 0 Å². The summed E-state index contributed by atoms with van der Waals surface area (Å²) in [5, 5.41) is 4.15. The molecular formula is C18H17N3O3. The standard InChI is InChI=1S/C18H17N3O3/c1-10-4-6-14(7-5-10)21-11(2)8-13(12(21)3)9-15-16(22)19-18(24)20-17(15)23/h4-9H,1-3H3,(H2,19,20,22,23,24).